The van der Waals surface area contributed by atoms with Crippen molar-refractivity contribution in [3.05, 3.63) is 24.0 Å². The van der Waals surface area contributed by atoms with Crippen LogP contribution in [-0.2, 0) is 0 Å². The number of rotatable bonds is 3. The minimum Gasteiger partial charge on any atom is -0.494 e. The molecular formula is C15H21FN2O. The number of piperidine rings is 1. The van der Waals surface area contributed by atoms with Crippen LogP contribution in [0.3, 0.4) is 0 Å². The van der Waals surface area contributed by atoms with Crippen LogP contribution in [0.4, 0.5) is 10.1 Å². The van der Waals surface area contributed by atoms with Gasteiger partial charge in [-0.3, -0.25) is 0 Å². The molecule has 2 aliphatic rings. The zero-order valence-corrected chi connectivity index (χ0v) is 11.5. The molecule has 1 N–H and O–H groups in total. The lowest BCUT2D eigenvalue weighted by Crippen LogP contribution is -2.44. The van der Waals surface area contributed by atoms with Crippen LogP contribution in [0.2, 0.25) is 0 Å². The fraction of sp³-hybridized carbons (Fsp3) is 0.600. The molecule has 2 fully saturated rings. The standard InChI is InChI=1S/C15H21FN2O/c1-18-12-4-5-13(18)8-11(7-12)17-10-3-6-14(16)15(9-10)19-2/h3,6,9,11-13,17H,4-5,7-8H2,1-2H3. The first kappa shape index (κ1) is 12.7. The van der Waals surface area contributed by atoms with E-state index in [2.05, 4.69) is 17.3 Å². The van der Waals surface area contributed by atoms with E-state index < -0.39 is 0 Å². The number of fused-ring (bicyclic) bond motifs is 2. The van der Waals surface area contributed by atoms with Crippen molar-refractivity contribution in [3.63, 3.8) is 0 Å². The highest BCUT2D eigenvalue weighted by Gasteiger charge is 2.38. The number of anilines is 1. The molecule has 2 heterocycles. The summed E-state index contributed by atoms with van der Waals surface area (Å²) in [5.74, 6) is -0.00241. The van der Waals surface area contributed by atoms with Crippen molar-refractivity contribution >= 4 is 5.69 Å². The number of methoxy groups -OCH3 is 1. The normalized spacial score (nSPS) is 30.4. The third-order valence-electron chi connectivity index (χ3n) is 4.62. The number of hydrogen-bond donors (Lipinski definition) is 1. The van der Waals surface area contributed by atoms with Gasteiger partial charge in [0.1, 0.15) is 0 Å². The number of hydrogen-bond acceptors (Lipinski definition) is 3. The first-order valence-corrected chi connectivity index (χ1v) is 6.99. The first-order valence-electron chi connectivity index (χ1n) is 6.99. The summed E-state index contributed by atoms with van der Waals surface area (Å²) in [6.07, 6.45) is 4.97. The highest BCUT2D eigenvalue weighted by molar-refractivity contribution is 5.49. The molecule has 4 heteroatoms. The van der Waals surface area contributed by atoms with Crippen LogP contribution in [0.25, 0.3) is 0 Å². The Hall–Kier alpha value is -1.29. The quantitative estimate of drug-likeness (QED) is 0.908. The molecule has 2 unspecified atom stereocenters. The fourth-order valence-corrected chi connectivity index (χ4v) is 3.51. The van der Waals surface area contributed by atoms with E-state index in [1.165, 1.54) is 38.9 Å². The number of nitrogens with one attached hydrogen (secondary N) is 1. The molecule has 19 heavy (non-hydrogen) atoms. The van der Waals surface area contributed by atoms with Gasteiger partial charge in [0, 0.05) is 29.9 Å². The van der Waals surface area contributed by atoms with E-state index in [9.17, 15) is 4.39 Å². The Morgan fingerprint density at radius 3 is 2.58 bits per heavy atom. The van der Waals surface area contributed by atoms with Gasteiger partial charge in [-0.25, -0.2) is 4.39 Å². The monoisotopic (exact) mass is 264 g/mol. The van der Waals surface area contributed by atoms with Crippen LogP contribution < -0.4 is 10.1 Å². The van der Waals surface area contributed by atoms with Crippen molar-refractivity contribution in [1.29, 1.82) is 0 Å². The Kier molecular flexibility index (Phi) is 3.35. The molecule has 0 aliphatic carbocycles. The van der Waals surface area contributed by atoms with E-state index in [-0.39, 0.29) is 5.82 Å². The fourth-order valence-electron chi connectivity index (χ4n) is 3.51. The zero-order valence-electron chi connectivity index (χ0n) is 11.5. The van der Waals surface area contributed by atoms with E-state index in [4.69, 9.17) is 4.74 Å². The Balaban J connectivity index is 1.69. The average Bonchev–Trinajstić information content (AvgIpc) is 2.64. The van der Waals surface area contributed by atoms with E-state index in [0.717, 1.165) is 5.69 Å². The molecule has 0 amide bonds. The highest BCUT2D eigenvalue weighted by Crippen LogP contribution is 2.35. The summed E-state index contributed by atoms with van der Waals surface area (Å²) >= 11 is 0. The molecule has 3 nitrogen and oxygen atoms in total. The van der Waals surface area contributed by atoms with Gasteiger partial charge >= 0.3 is 0 Å². The van der Waals surface area contributed by atoms with E-state index in [1.54, 1.807) is 12.1 Å². The molecule has 0 aromatic heterocycles. The summed E-state index contributed by atoms with van der Waals surface area (Å²) in [6, 6.07) is 6.90. The number of ether oxygens (including phenoxy) is 1. The zero-order chi connectivity index (χ0) is 13.4. The number of nitrogens with zero attached hydrogens (tertiary/aromatic N) is 1. The van der Waals surface area contributed by atoms with Gasteiger partial charge in [0.05, 0.1) is 7.11 Å². The van der Waals surface area contributed by atoms with Crippen LogP contribution in [0.1, 0.15) is 25.7 Å². The maximum absolute atomic E-state index is 13.4. The molecule has 1 aromatic rings. The topological polar surface area (TPSA) is 24.5 Å². The lowest BCUT2D eigenvalue weighted by Gasteiger charge is -2.37. The summed E-state index contributed by atoms with van der Waals surface area (Å²) in [4.78, 5) is 2.52. The Labute approximate surface area is 113 Å². The van der Waals surface area contributed by atoms with Crippen LogP contribution in [-0.4, -0.2) is 37.2 Å². The predicted octanol–water partition coefficient (Wildman–Crippen LogP) is 2.87. The Morgan fingerprint density at radius 2 is 1.95 bits per heavy atom. The van der Waals surface area contributed by atoms with Crippen LogP contribution in [0, 0.1) is 5.82 Å². The molecule has 1 aromatic carbocycles. The van der Waals surface area contributed by atoms with Crippen molar-refractivity contribution < 1.29 is 9.13 Å². The molecule has 3 rings (SSSR count). The maximum atomic E-state index is 13.4. The van der Waals surface area contributed by atoms with E-state index in [1.807, 2.05) is 0 Å². The smallest absolute Gasteiger partial charge is 0.165 e. The molecule has 104 valence electrons. The first-order chi connectivity index (χ1) is 9.17. The van der Waals surface area contributed by atoms with Gasteiger partial charge in [-0.1, -0.05) is 0 Å². The maximum Gasteiger partial charge on any atom is 0.165 e. The second kappa shape index (κ2) is 5.00. The van der Waals surface area contributed by atoms with Crippen molar-refractivity contribution in [3.8, 4) is 5.75 Å². The molecule has 0 saturated carbocycles. The predicted molar refractivity (Wildman–Crippen MR) is 74.2 cm³/mol. The molecule has 0 radical (unpaired) electrons. The molecule has 2 atom stereocenters. The average molecular weight is 264 g/mol. The van der Waals surface area contributed by atoms with Crippen LogP contribution >= 0.6 is 0 Å². The molecule has 0 spiro atoms. The third-order valence-corrected chi connectivity index (χ3v) is 4.62. The van der Waals surface area contributed by atoms with Crippen molar-refractivity contribution in [1.82, 2.24) is 4.90 Å². The van der Waals surface area contributed by atoms with Gasteiger partial charge in [0.15, 0.2) is 11.6 Å². The van der Waals surface area contributed by atoms with Gasteiger partial charge in [-0.2, -0.15) is 0 Å². The SMILES string of the molecule is COc1cc(NC2CC3CCC(C2)N3C)ccc1F. The second-order valence-electron chi connectivity index (χ2n) is 5.71. The number of benzene rings is 1. The highest BCUT2D eigenvalue weighted by atomic mass is 19.1. The third kappa shape index (κ3) is 2.41. The Bertz CT molecular complexity index is 451. The molecular weight excluding hydrogens is 243 g/mol. The van der Waals surface area contributed by atoms with Gasteiger partial charge in [-0.15, -0.1) is 0 Å². The van der Waals surface area contributed by atoms with Crippen molar-refractivity contribution in [2.24, 2.45) is 0 Å². The largest absolute Gasteiger partial charge is 0.494 e. The minimum absolute atomic E-state index is 0.306. The van der Waals surface area contributed by atoms with Crippen LogP contribution in [0.15, 0.2) is 18.2 Å². The summed E-state index contributed by atoms with van der Waals surface area (Å²) in [5.41, 5.74) is 0.951. The molecule has 2 aliphatic heterocycles. The van der Waals surface area contributed by atoms with Gasteiger partial charge in [0.2, 0.25) is 0 Å². The van der Waals surface area contributed by atoms with Gasteiger partial charge in [0.25, 0.3) is 0 Å². The minimum atomic E-state index is -0.309. The summed E-state index contributed by atoms with van der Waals surface area (Å²) in [7, 11) is 3.73. The van der Waals surface area contributed by atoms with Gasteiger partial charge in [-0.05, 0) is 44.9 Å². The Morgan fingerprint density at radius 1 is 1.26 bits per heavy atom. The number of halogens is 1. The molecule has 2 bridgehead atoms. The summed E-state index contributed by atoms with van der Waals surface area (Å²) in [6.45, 7) is 0. The van der Waals surface area contributed by atoms with E-state index >= 15 is 0 Å². The van der Waals surface area contributed by atoms with Crippen LogP contribution in [0.5, 0.6) is 5.75 Å². The lowest BCUT2D eigenvalue weighted by atomic mass is 9.98. The van der Waals surface area contributed by atoms with Crippen molar-refractivity contribution in [2.45, 2.75) is 43.8 Å². The van der Waals surface area contributed by atoms with Crippen molar-refractivity contribution in [2.75, 3.05) is 19.5 Å². The second-order valence-corrected chi connectivity index (χ2v) is 5.71. The summed E-state index contributed by atoms with van der Waals surface area (Å²) in [5, 5.41) is 3.53. The summed E-state index contributed by atoms with van der Waals surface area (Å²) < 4.78 is 18.4. The van der Waals surface area contributed by atoms with Gasteiger partial charge < -0.3 is 15.0 Å². The lowest BCUT2D eigenvalue weighted by molar-refractivity contribution is 0.169. The van der Waals surface area contributed by atoms with E-state index in [0.29, 0.717) is 23.9 Å². The molecule has 2 saturated heterocycles.